The fourth-order valence-electron chi connectivity index (χ4n) is 3.94. The first-order valence-electron chi connectivity index (χ1n) is 10.8. The van der Waals surface area contributed by atoms with E-state index in [2.05, 4.69) is 46.6 Å². The van der Waals surface area contributed by atoms with Crippen LogP contribution in [0.1, 0.15) is 45.8 Å². The van der Waals surface area contributed by atoms with Crippen LogP contribution in [0.4, 0.5) is 0 Å². The number of nitrogens with zero attached hydrogens (tertiary/aromatic N) is 2. The van der Waals surface area contributed by atoms with Gasteiger partial charge in [-0.3, -0.25) is 9.69 Å². The minimum Gasteiger partial charge on any atom is -0.360 e. The molecule has 2 aromatic carbocycles. The molecule has 31 heavy (non-hydrogen) atoms. The van der Waals surface area contributed by atoms with Crippen LogP contribution in [0, 0.1) is 13.8 Å². The Balaban J connectivity index is 1.30. The van der Waals surface area contributed by atoms with Crippen molar-refractivity contribution in [3.8, 4) is 0 Å². The maximum atomic E-state index is 13.0. The van der Waals surface area contributed by atoms with Crippen LogP contribution in [-0.4, -0.2) is 35.1 Å². The van der Waals surface area contributed by atoms with Crippen molar-refractivity contribution in [3.05, 3.63) is 82.7 Å². The number of nitrogens with one attached hydrogen (secondary N) is 1. The van der Waals surface area contributed by atoms with Gasteiger partial charge in [-0.2, -0.15) is 0 Å². The zero-order chi connectivity index (χ0) is 21.6. The highest BCUT2D eigenvalue weighted by atomic mass is 32.2. The Morgan fingerprint density at radius 1 is 1.13 bits per heavy atom. The van der Waals surface area contributed by atoms with Crippen molar-refractivity contribution >= 4 is 17.7 Å². The highest BCUT2D eigenvalue weighted by molar-refractivity contribution is 7.98. The van der Waals surface area contributed by atoms with E-state index in [-0.39, 0.29) is 11.9 Å². The molecule has 6 heteroatoms. The third-order valence-corrected chi connectivity index (χ3v) is 6.85. The topological polar surface area (TPSA) is 58.4 Å². The van der Waals surface area contributed by atoms with Gasteiger partial charge in [0.1, 0.15) is 5.76 Å². The van der Waals surface area contributed by atoms with E-state index < -0.39 is 0 Å². The number of likely N-dealkylation sites (tertiary alicyclic amines) is 1. The van der Waals surface area contributed by atoms with Gasteiger partial charge in [0.2, 0.25) is 0 Å². The molecule has 0 radical (unpaired) electrons. The quantitative estimate of drug-likeness (QED) is 0.531. The third-order valence-electron chi connectivity index (χ3n) is 5.76. The van der Waals surface area contributed by atoms with Crippen LogP contribution < -0.4 is 5.32 Å². The molecule has 0 atom stereocenters. The first-order valence-corrected chi connectivity index (χ1v) is 11.8. The number of piperidine rings is 1. The molecule has 0 bridgehead atoms. The summed E-state index contributed by atoms with van der Waals surface area (Å²) < 4.78 is 5.29. The molecule has 0 spiro atoms. The van der Waals surface area contributed by atoms with E-state index in [1.165, 1.54) is 11.1 Å². The first-order chi connectivity index (χ1) is 15.1. The number of carbonyl (C=O) groups excluding carboxylic acids is 1. The number of hydrogen-bond donors (Lipinski definition) is 1. The van der Waals surface area contributed by atoms with Crippen molar-refractivity contribution in [2.24, 2.45) is 0 Å². The van der Waals surface area contributed by atoms with E-state index in [1.54, 1.807) is 11.8 Å². The SMILES string of the molecule is Cc1cc(CSc2ccccc2C(=O)NC2CCN(Cc3ccccc3C)CC2)on1. The summed E-state index contributed by atoms with van der Waals surface area (Å²) in [6.45, 7) is 7.06. The van der Waals surface area contributed by atoms with E-state index in [9.17, 15) is 4.79 Å². The Morgan fingerprint density at radius 3 is 2.61 bits per heavy atom. The summed E-state index contributed by atoms with van der Waals surface area (Å²) in [5.74, 6) is 1.48. The summed E-state index contributed by atoms with van der Waals surface area (Å²) in [6.07, 6.45) is 1.95. The number of aromatic nitrogens is 1. The summed E-state index contributed by atoms with van der Waals surface area (Å²) in [5, 5.41) is 7.19. The fraction of sp³-hybridized carbons (Fsp3) is 0.360. The smallest absolute Gasteiger partial charge is 0.252 e. The third kappa shape index (κ3) is 5.77. The number of carbonyl (C=O) groups is 1. The Bertz CT molecular complexity index is 1020. The van der Waals surface area contributed by atoms with E-state index in [1.807, 2.05) is 37.3 Å². The molecule has 1 N–H and O–H groups in total. The van der Waals surface area contributed by atoms with Gasteiger partial charge in [-0.25, -0.2) is 0 Å². The van der Waals surface area contributed by atoms with Gasteiger partial charge in [0.15, 0.2) is 0 Å². The van der Waals surface area contributed by atoms with Crippen molar-refractivity contribution in [1.29, 1.82) is 0 Å². The standard InChI is InChI=1S/C25H29N3O2S/c1-18-7-3-4-8-20(18)16-28-13-11-21(12-14-28)26-25(29)23-9-5-6-10-24(23)31-17-22-15-19(2)27-30-22/h3-10,15,21H,11-14,16-17H2,1-2H3,(H,26,29). The second-order valence-electron chi connectivity index (χ2n) is 8.17. The molecule has 0 unspecified atom stereocenters. The zero-order valence-electron chi connectivity index (χ0n) is 18.1. The van der Waals surface area contributed by atoms with Crippen LogP contribution in [0.15, 0.2) is 64.0 Å². The van der Waals surface area contributed by atoms with Crippen LogP contribution in [0.5, 0.6) is 0 Å². The van der Waals surface area contributed by atoms with Gasteiger partial charge in [0.25, 0.3) is 5.91 Å². The van der Waals surface area contributed by atoms with Gasteiger partial charge in [-0.15, -0.1) is 11.8 Å². The molecule has 4 rings (SSSR count). The van der Waals surface area contributed by atoms with Gasteiger partial charge >= 0.3 is 0 Å². The van der Waals surface area contributed by atoms with Crippen LogP contribution >= 0.6 is 11.8 Å². The predicted molar refractivity (Wildman–Crippen MR) is 124 cm³/mol. The average Bonchev–Trinajstić information content (AvgIpc) is 3.20. The molecule has 5 nitrogen and oxygen atoms in total. The van der Waals surface area contributed by atoms with Crippen LogP contribution in [0.3, 0.4) is 0 Å². The molecule has 1 amide bonds. The normalized spacial score (nSPS) is 15.2. The Kier molecular flexibility index (Phi) is 7.10. The van der Waals surface area contributed by atoms with Crippen LogP contribution in [0.25, 0.3) is 0 Å². The summed E-state index contributed by atoms with van der Waals surface area (Å²) >= 11 is 1.60. The molecule has 1 fully saturated rings. The lowest BCUT2D eigenvalue weighted by Crippen LogP contribution is -2.44. The highest BCUT2D eigenvalue weighted by Gasteiger charge is 2.22. The van der Waals surface area contributed by atoms with Crippen molar-refractivity contribution in [2.45, 2.75) is 49.9 Å². The predicted octanol–water partition coefficient (Wildman–Crippen LogP) is 4.98. The van der Waals surface area contributed by atoms with E-state index in [4.69, 9.17) is 4.52 Å². The summed E-state index contributed by atoms with van der Waals surface area (Å²) in [6, 6.07) is 18.5. The molecule has 0 aliphatic carbocycles. The van der Waals surface area contributed by atoms with E-state index >= 15 is 0 Å². The zero-order valence-corrected chi connectivity index (χ0v) is 19.0. The number of aryl methyl sites for hydroxylation is 2. The van der Waals surface area contributed by atoms with Crippen molar-refractivity contribution < 1.29 is 9.32 Å². The molecule has 1 aliphatic heterocycles. The lowest BCUT2D eigenvalue weighted by molar-refractivity contribution is 0.0906. The molecular formula is C25H29N3O2S. The minimum atomic E-state index is 0.00852. The highest BCUT2D eigenvalue weighted by Crippen LogP contribution is 2.27. The summed E-state index contributed by atoms with van der Waals surface area (Å²) in [4.78, 5) is 16.4. The Morgan fingerprint density at radius 2 is 1.87 bits per heavy atom. The number of benzene rings is 2. The second-order valence-corrected chi connectivity index (χ2v) is 9.19. The van der Waals surface area contributed by atoms with Gasteiger partial charge in [-0.1, -0.05) is 41.6 Å². The second kappa shape index (κ2) is 10.2. The number of rotatable bonds is 7. The lowest BCUT2D eigenvalue weighted by atomic mass is 10.0. The minimum absolute atomic E-state index is 0.00852. The van der Waals surface area contributed by atoms with E-state index in [0.29, 0.717) is 5.75 Å². The molecular weight excluding hydrogens is 406 g/mol. The van der Waals surface area contributed by atoms with Crippen molar-refractivity contribution in [3.63, 3.8) is 0 Å². The first kappa shape index (κ1) is 21.7. The lowest BCUT2D eigenvalue weighted by Gasteiger charge is -2.32. The monoisotopic (exact) mass is 435 g/mol. The van der Waals surface area contributed by atoms with Gasteiger partial charge in [0.05, 0.1) is 17.0 Å². The van der Waals surface area contributed by atoms with Crippen molar-refractivity contribution in [2.75, 3.05) is 13.1 Å². The largest absolute Gasteiger partial charge is 0.360 e. The number of thioether (sulfide) groups is 1. The molecule has 1 saturated heterocycles. The average molecular weight is 436 g/mol. The molecule has 2 heterocycles. The Hall–Kier alpha value is -2.57. The number of amides is 1. The van der Waals surface area contributed by atoms with Gasteiger partial charge < -0.3 is 9.84 Å². The fourth-order valence-corrected chi connectivity index (χ4v) is 4.87. The van der Waals surface area contributed by atoms with Crippen LogP contribution in [-0.2, 0) is 12.3 Å². The van der Waals surface area contributed by atoms with Crippen LogP contribution in [0.2, 0.25) is 0 Å². The van der Waals surface area contributed by atoms with E-state index in [0.717, 1.165) is 54.4 Å². The molecule has 162 valence electrons. The molecule has 3 aromatic rings. The molecule has 0 saturated carbocycles. The molecule has 1 aromatic heterocycles. The van der Waals surface area contributed by atoms with Gasteiger partial charge in [-0.05, 0) is 49.9 Å². The Labute approximate surface area is 188 Å². The maximum absolute atomic E-state index is 13.0. The van der Waals surface area contributed by atoms with Crippen molar-refractivity contribution in [1.82, 2.24) is 15.4 Å². The van der Waals surface area contributed by atoms with Gasteiger partial charge in [0, 0.05) is 36.6 Å². The summed E-state index contributed by atoms with van der Waals surface area (Å²) in [7, 11) is 0. The summed E-state index contributed by atoms with van der Waals surface area (Å²) in [5.41, 5.74) is 4.33. The molecule has 1 aliphatic rings. The number of hydrogen-bond acceptors (Lipinski definition) is 5. The maximum Gasteiger partial charge on any atom is 0.252 e.